The van der Waals surface area contributed by atoms with Gasteiger partial charge in [-0.15, -0.1) is 0 Å². The molecule has 0 fully saturated rings. The summed E-state index contributed by atoms with van der Waals surface area (Å²) in [5, 5.41) is 15.9. The second-order valence-corrected chi connectivity index (χ2v) is 5.46. The Hall–Kier alpha value is -2.67. The molecule has 0 aliphatic rings. The van der Waals surface area contributed by atoms with Crippen molar-refractivity contribution in [2.24, 2.45) is 5.10 Å². The molecule has 2 amide bonds. The van der Waals surface area contributed by atoms with Crippen molar-refractivity contribution >= 4 is 34.0 Å². The van der Waals surface area contributed by atoms with Crippen molar-refractivity contribution in [1.82, 2.24) is 10.7 Å². The molecule has 6 nitrogen and oxygen atoms in total. The maximum Gasteiger partial charge on any atom is 0.259 e. The van der Waals surface area contributed by atoms with Crippen LogP contribution in [0.4, 0.5) is 0 Å². The van der Waals surface area contributed by atoms with Crippen LogP contribution in [0.15, 0.2) is 58.1 Å². The summed E-state index contributed by atoms with van der Waals surface area (Å²) in [6.45, 7) is -0.197. The molecule has 0 aliphatic heterocycles. The highest BCUT2D eigenvalue weighted by atomic mass is 79.9. The molecule has 0 unspecified atom stereocenters. The highest BCUT2D eigenvalue weighted by Gasteiger charge is 2.06. The molecule has 2 aromatic rings. The van der Waals surface area contributed by atoms with Gasteiger partial charge in [0.05, 0.1) is 12.8 Å². The molecule has 0 radical (unpaired) electrons. The lowest BCUT2D eigenvalue weighted by atomic mass is 10.2. The zero-order valence-electron chi connectivity index (χ0n) is 12.0. The molecule has 2 rings (SSSR count). The number of amides is 2. The molecule has 23 heavy (non-hydrogen) atoms. The summed E-state index contributed by atoms with van der Waals surface area (Å²) in [5.74, 6) is -0.771. The number of benzene rings is 2. The lowest BCUT2D eigenvalue weighted by molar-refractivity contribution is -0.120. The van der Waals surface area contributed by atoms with Gasteiger partial charge in [0.1, 0.15) is 5.75 Å². The summed E-state index contributed by atoms with van der Waals surface area (Å²) < 4.78 is 0.736. The van der Waals surface area contributed by atoms with E-state index in [2.05, 4.69) is 31.8 Å². The van der Waals surface area contributed by atoms with Crippen LogP contribution in [0, 0.1) is 0 Å². The number of halogens is 1. The molecule has 0 spiro atoms. The number of nitrogens with zero attached hydrogens (tertiary/aromatic N) is 1. The Labute approximate surface area is 141 Å². The number of phenols is 1. The van der Waals surface area contributed by atoms with E-state index in [1.807, 2.05) is 0 Å². The third-order valence-corrected chi connectivity index (χ3v) is 3.32. The average Bonchev–Trinajstić information content (AvgIpc) is 2.55. The first-order chi connectivity index (χ1) is 11.1. The van der Waals surface area contributed by atoms with Gasteiger partial charge in [0.2, 0.25) is 0 Å². The van der Waals surface area contributed by atoms with Gasteiger partial charge < -0.3 is 10.4 Å². The number of aromatic hydroxyl groups is 1. The van der Waals surface area contributed by atoms with Crippen LogP contribution in [0.3, 0.4) is 0 Å². The highest BCUT2D eigenvalue weighted by Crippen LogP contribution is 2.20. The second kappa shape index (κ2) is 8.09. The highest BCUT2D eigenvalue weighted by molar-refractivity contribution is 9.10. The van der Waals surface area contributed by atoms with Crippen molar-refractivity contribution in [3.63, 3.8) is 0 Å². The van der Waals surface area contributed by atoms with E-state index in [1.54, 1.807) is 42.5 Å². The van der Waals surface area contributed by atoms with Gasteiger partial charge in [-0.05, 0) is 30.3 Å². The SMILES string of the molecule is O=C(CNC(=O)c1ccccc1)N/N=C\c1ccc(Br)cc1O. The number of carbonyl (C=O) groups excluding carboxylic acids is 2. The lowest BCUT2D eigenvalue weighted by Crippen LogP contribution is -2.34. The predicted octanol–water partition coefficient (Wildman–Crippen LogP) is 2.03. The van der Waals surface area contributed by atoms with E-state index in [9.17, 15) is 14.7 Å². The van der Waals surface area contributed by atoms with E-state index < -0.39 is 5.91 Å². The zero-order valence-corrected chi connectivity index (χ0v) is 13.6. The Balaban J connectivity index is 1.81. The fraction of sp³-hybridized carbons (Fsp3) is 0.0625. The van der Waals surface area contributed by atoms with Gasteiger partial charge in [0.15, 0.2) is 0 Å². The van der Waals surface area contributed by atoms with Crippen molar-refractivity contribution in [3.05, 3.63) is 64.1 Å². The first kappa shape index (κ1) is 16.7. The third-order valence-electron chi connectivity index (χ3n) is 2.83. The monoisotopic (exact) mass is 375 g/mol. The van der Waals surface area contributed by atoms with E-state index in [-0.39, 0.29) is 18.2 Å². The Morgan fingerprint density at radius 1 is 1.17 bits per heavy atom. The zero-order chi connectivity index (χ0) is 16.7. The summed E-state index contributed by atoms with van der Waals surface area (Å²) in [6.07, 6.45) is 1.32. The average molecular weight is 376 g/mol. The van der Waals surface area contributed by atoms with Crippen molar-refractivity contribution in [3.8, 4) is 5.75 Å². The van der Waals surface area contributed by atoms with Crippen LogP contribution < -0.4 is 10.7 Å². The number of nitrogens with one attached hydrogen (secondary N) is 2. The van der Waals surface area contributed by atoms with Crippen LogP contribution in [-0.4, -0.2) is 29.7 Å². The Kier molecular flexibility index (Phi) is 5.87. The Morgan fingerprint density at radius 2 is 1.91 bits per heavy atom. The minimum Gasteiger partial charge on any atom is -0.507 e. The molecule has 118 valence electrons. The molecule has 2 aromatic carbocycles. The molecule has 3 N–H and O–H groups in total. The molecule has 0 saturated heterocycles. The number of hydrogen-bond donors (Lipinski definition) is 3. The van der Waals surface area contributed by atoms with Crippen LogP contribution >= 0.6 is 15.9 Å². The second-order valence-electron chi connectivity index (χ2n) is 4.55. The topological polar surface area (TPSA) is 90.8 Å². The van der Waals surface area contributed by atoms with Crippen molar-refractivity contribution in [2.75, 3.05) is 6.54 Å². The maximum atomic E-state index is 11.8. The molecule has 0 saturated carbocycles. The van der Waals surface area contributed by atoms with Crippen LogP contribution in [0.25, 0.3) is 0 Å². The van der Waals surface area contributed by atoms with Crippen molar-refractivity contribution in [2.45, 2.75) is 0 Å². The van der Waals surface area contributed by atoms with E-state index >= 15 is 0 Å². The summed E-state index contributed by atoms with van der Waals surface area (Å²) >= 11 is 3.23. The number of hydrazone groups is 1. The van der Waals surface area contributed by atoms with Crippen LogP contribution in [0.2, 0.25) is 0 Å². The molecule has 0 aromatic heterocycles. The van der Waals surface area contributed by atoms with E-state index in [4.69, 9.17) is 0 Å². The van der Waals surface area contributed by atoms with Gasteiger partial charge in [-0.2, -0.15) is 5.10 Å². The van der Waals surface area contributed by atoms with Crippen LogP contribution in [0.1, 0.15) is 15.9 Å². The largest absolute Gasteiger partial charge is 0.507 e. The number of hydrogen-bond acceptors (Lipinski definition) is 4. The number of phenolic OH excluding ortho intramolecular Hbond substituents is 1. The molecule has 0 atom stereocenters. The van der Waals surface area contributed by atoms with Gasteiger partial charge in [0.25, 0.3) is 11.8 Å². The molecule has 0 aliphatic carbocycles. The lowest BCUT2D eigenvalue weighted by Gasteiger charge is -2.04. The fourth-order valence-electron chi connectivity index (χ4n) is 1.69. The van der Waals surface area contributed by atoms with E-state index in [0.29, 0.717) is 11.1 Å². The normalized spacial score (nSPS) is 10.5. The summed E-state index contributed by atoms with van der Waals surface area (Å²) in [5.41, 5.74) is 3.21. The molecule has 0 bridgehead atoms. The standard InChI is InChI=1S/C16H14BrN3O3/c17-13-7-6-12(14(21)8-13)9-19-20-15(22)10-18-16(23)11-4-2-1-3-5-11/h1-9,21H,10H2,(H,18,23)(H,20,22)/b19-9-. The Bertz CT molecular complexity index is 733. The maximum absolute atomic E-state index is 11.8. The first-order valence-electron chi connectivity index (χ1n) is 6.70. The van der Waals surface area contributed by atoms with E-state index in [1.165, 1.54) is 12.3 Å². The van der Waals surface area contributed by atoms with Crippen molar-refractivity contribution < 1.29 is 14.7 Å². The fourth-order valence-corrected chi connectivity index (χ4v) is 2.04. The summed E-state index contributed by atoms with van der Waals surface area (Å²) in [4.78, 5) is 23.4. The smallest absolute Gasteiger partial charge is 0.259 e. The third kappa shape index (κ3) is 5.23. The quantitative estimate of drug-likeness (QED) is 0.551. The summed E-state index contributed by atoms with van der Waals surface area (Å²) in [7, 11) is 0. The predicted molar refractivity (Wildman–Crippen MR) is 90.3 cm³/mol. The molecule has 0 heterocycles. The molecule has 7 heteroatoms. The number of carbonyl (C=O) groups is 2. The van der Waals surface area contributed by atoms with Gasteiger partial charge in [-0.3, -0.25) is 9.59 Å². The van der Waals surface area contributed by atoms with Gasteiger partial charge in [-0.1, -0.05) is 34.1 Å². The summed E-state index contributed by atoms with van der Waals surface area (Å²) in [6, 6.07) is 13.5. The van der Waals surface area contributed by atoms with Crippen LogP contribution in [0.5, 0.6) is 5.75 Å². The number of rotatable bonds is 5. The van der Waals surface area contributed by atoms with Crippen LogP contribution in [-0.2, 0) is 4.79 Å². The van der Waals surface area contributed by atoms with Gasteiger partial charge in [-0.25, -0.2) is 5.43 Å². The van der Waals surface area contributed by atoms with Gasteiger partial charge >= 0.3 is 0 Å². The van der Waals surface area contributed by atoms with Gasteiger partial charge in [0, 0.05) is 15.6 Å². The molecular weight excluding hydrogens is 362 g/mol. The molecular formula is C16H14BrN3O3. The van der Waals surface area contributed by atoms with Crippen molar-refractivity contribution in [1.29, 1.82) is 0 Å². The minimum atomic E-state index is -0.470. The Morgan fingerprint density at radius 3 is 2.61 bits per heavy atom. The first-order valence-corrected chi connectivity index (χ1v) is 7.49. The van der Waals surface area contributed by atoms with E-state index in [0.717, 1.165) is 4.47 Å². The minimum absolute atomic E-state index is 0.0368.